The molecular formula is C33H55NO3. The minimum absolute atomic E-state index is 0.0200. The van der Waals surface area contributed by atoms with Crippen LogP contribution in [0.3, 0.4) is 0 Å². The fourth-order valence-electron chi connectivity index (χ4n) is 10.0. The van der Waals surface area contributed by atoms with Gasteiger partial charge in [-0.15, -0.1) is 0 Å². The van der Waals surface area contributed by atoms with E-state index in [0.29, 0.717) is 36.8 Å². The zero-order valence-electron chi connectivity index (χ0n) is 24.5. The monoisotopic (exact) mass is 513 g/mol. The van der Waals surface area contributed by atoms with Gasteiger partial charge in [-0.05, 0) is 104 Å². The first kappa shape index (κ1) is 27.5. The fraction of sp³-hybridized carbons (Fsp3) is 0.909. The maximum absolute atomic E-state index is 12.8. The molecular weight excluding hydrogens is 458 g/mol. The van der Waals surface area contributed by atoms with Crippen LogP contribution in [0, 0.1) is 46.3 Å². The molecule has 4 nitrogen and oxygen atoms in total. The molecule has 4 aliphatic carbocycles. The van der Waals surface area contributed by atoms with Gasteiger partial charge in [-0.3, -0.25) is 0 Å². The molecule has 1 amide bonds. The van der Waals surface area contributed by atoms with Crippen molar-refractivity contribution in [1.82, 2.24) is 4.90 Å². The van der Waals surface area contributed by atoms with E-state index in [2.05, 4.69) is 40.7 Å². The minimum Gasteiger partial charge on any atom is -0.446 e. The molecule has 0 bridgehead atoms. The molecule has 1 aliphatic heterocycles. The highest BCUT2D eigenvalue weighted by Crippen LogP contribution is 2.67. The zero-order chi connectivity index (χ0) is 26.4. The van der Waals surface area contributed by atoms with Gasteiger partial charge in [0.1, 0.15) is 6.10 Å². The third-order valence-electron chi connectivity index (χ3n) is 12.3. The number of nitrogens with zero attached hydrogens (tertiary/aromatic N) is 1. The Labute approximate surface area is 227 Å². The largest absolute Gasteiger partial charge is 0.446 e. The Bertz CT molecular complexity index is 845. The van der Waals surface area contributed by atoms with Crippen LogP contribution < -0.4 is 0 Å². The van der Waals surface area contributed by atoms with Gasteiger partial charge in [-0.25, -0.2) is 4.79 Å². The first-order valence-corrected chi connectivity index (χ1v) is 15.9. The van der Waals surface area contributed by atoms with E-state index in [1.807, 2.05) is 0 Å². The fourth-order valence-corrected chi connectivity index (χ4v) is 10.0. The van der Waals surface area contributed by atoms with E-state index >= 15 is 0 Å². The molecule has 0 aromatic rings. The van der Waals surface area contributed by atoms with Crippen molar-refractivity contribution in [2.24, 2.45) is 46.3 Å². The Kier molecular flexibility index (Phi) is 8.08. The molecule has 5 rings (SSSR count). The first-order chi connectivity index (χ1) is 17.6. The molecule has 0 aromatic heterocycles. The van der Waals surface area contributed by atoms with Crippen LogP contribution in [0.4, 0.5) is 4.79 Å². The summed E-state index contributed by atoms with van der Waals surface area (Å²) < 4.78 is 6.03. The number of amides is 1. The second-order valence-corrected chi connectivity index (χ2v) is 14.8. The summed E-state index contributed by atoms with van der Waals surface area (Å²) in [7, 11) is 0. The quantitative estimate of drug-likeness (QED) is 0.366. The van der Waals surface area contributed by atoms with Gasteiger partial charge < -0.3 is 14.7 Å². The maximum Gasteiger partial charge on any atom is 0.410 e. The number of carbonyl (C=O) groups is 1. The van der Waals surface area contributed by atoms with Crippen LogP contribution in [0.15, 0.2) is 11.6 Å². The van der Waals surface area contributed by atoms with E-state index in [1.54, 1.807) is 10.5 Å². The minimum atomic E-state index is -0.264. The third kappa shape index (κ3) is 5.27. The Morgan fingerprint density at radius 1 is 1.03 bits per heavy atom. The molecule has 0 spiro atoms. The molecule has 0 radical (unpaired) electrons. The van der Waals surface area contributed by atoms with Gasteiger partial charge in [0.05, 0.1) is 6.10 Å². The van der Waals surface area contributed by atoms with Gasteiger partial charge in [0.15, 0.2) is 0 Å². The number of fused-ring (bicyclic) bond motifs is 5. The van der Waals surface area contributed by atoms with Crippen molar-refractivity contribution in [2.45, 2.75) is 130 Å². The molecule has 1 heterocycles. The van der Waals surface area contributed by atoms with E-state index in [4.69, 9.17) is 4.74 Å². The number of aliphatic hydroxyl groups excluding tert-OH is 1. The predicted octanol–water partition coefficient (Wildman–Crippen LogP) is 7.99. The lowest BCUT2D eigenvalue weighted by Gasteiger charge is -2.58. The van der Waals surface area contributed by atoms with E-state index < -0.39 is 0 Å². The lowest BCUT2D eigenvalue weighted by atomic mass is 9.47. The van der Waals surface area contributed by atoms with Crippen molar-refractivity contribution in [3.8, 4) is 0 Å². The summed E-state index contributed by atoms with van der Waals surface area (Å²) in [6, 6.07) is 0. The van der Waals surface area contributed by atoms with Crippen LogP contribution in [0.1, 0.15) is 118 Å². The van der Waals surface area contributed by atoms with Crippen LogP contribution >= 0.6 is 0 Å². The van der Waals surface area contributed by atoms with Crippen LogP contribution in [0.25, 0.3) is 0 Å². The van der Waals surface area contributed by atoms with Gasteiger partial charge in [0.2, 0.25) is 0 Å². The van der Waals surface area contributed by atoms with E-state index in [0.717, 1.165) is 54.8 Å². The number of ether oxygens (including phenoxy) is 1. The van der Waals surface area contributed by atoms with Crippen molar-refractivity contribution >= 4 is 6.09 Å². The van der Waals surface area contributed by atoms with E-state index in [9.17, 15) is 9.90 Å². The SMILES string of the molecule is CC(C)CCC[C@H](C)[C@@H]1CCC2C3CC=C4C[C@H](OC(=O)N5CCC(O)CC5)CCC4(C)C3CC[C@]21C. The molecule has 1 N–H and O–H groups in total. The van der Waals surface area contributed by atoms with Crippen molar-refractivity contribution < 1.29 is 14.6 Å². The van der Waals surface area contributed by atoms with Gasteiger partial charge in [0, 0.05) is 19.5 Å². The summed E-state index contributed by atoms with van der Waals surface area (Å²) in [5, 5.41) is 9.76. The number of rotatable bonds is 6. The van der Waals surface area contributed by atoms with Gasteiger partial charge in [0.25, 0.3) is 0 Å². The molecule has 210 valence electrons. The topological polar surface area (TPSA) is 49.8 Å². The molecule has 4 unspecified atom stereocenters. The van der Waals surface area contributed by atoms with Gasteiger partial charge >= 0.3 is 6.09 Å². The Morgan fingerprint density at radius 2 is 1.78 bits per heavy atom. The Balaban J connectivity index is 1.22. The van der Waals surface area contributed by atoms with Crippen LogP contribution in [-0.4, -0.2) is 41.4 Å². The summed E-state index contributed by atoms with van der Waals surface area (Å²) in [4.78, 5) is 14.6. The lowest BCUT2D eigenvalue weighted by molar-refractivity contribution is -0.0598. The van der Waals surface area contributed by atoms with Crippen LogP contribution in [0.5, 0.6) is 0 Å². The number of hydrogen-bond donors (Lipinski definition) is 1. The smallest absolute Gasteiger partial charge is 0.410 e. The Hall–Kier alpha value is -1.03. The summed E-state index contributed by atoms with van der Waals surface area (Å²) in [6.45, 7) is 13.8. The highest BCUT2D eigenvalue weighted by atomic mass is 16.6. The van der Waals surface area contributed by atoms with E-state index in [-0.39, 0.29) is 18.3 Å². The molecule has 5 aliphatic rings. The average molecular weight is 514 g/mol. The molecule has 1 saturated heterocycles. The highest BCUT2D eigenvalue weighted by molar-refractivity contribution is 5.68. The van der Waals surface area contributed by atoms with Crippen LogP contribution in [-0.2, 0) is 4.74 Å². The predicted molar refractivity (Wildman–Crippen MR) is 150 cm³/mol. The van der Waals surface area contributed by atoms with Crippen molar-refractivity contribution in [2.75, 3.05) is 13.1 Å². The normalized spacial score (nSPS) is 41.0. The number of aliphatic hydroxyl groups is 1. The van der Waals surface area contributed by atoms with Crippen molar-refractivity contribution in [3.63, 3.8) is 0 Å². The van der Waals surface area contributed by atoms with E-state index in [1.165, 1.54) is 51.4 Å². The second kappa shape index (κ2) is 10.9. The summed E-state index contributed by atoms with van der Waals surface area (Å²) in [6.07, 6.45) is 17.8. The first-order valence-electron chi connectivity index (χ1n) is 15.9. The molecule has 8 atom stereocenters. The number of carbonyl (C=O) groups excluding carboxylic acids is 1. The summed E-state index contributed by atoms with van der Waals surface area (Å²) in [5.74, 6) is 5.15. The zero-order valence-corrected chi connectivity index (χ0v) is 24.5. The van der Waals surface area contributed by atoms with Crippen molar-refractivity contribution in [3.05, 3.63) is 11.6 Å². The van der Waals surface area contributed by atoms with Crippen LogP contribution in [0.2, 0.25) is 0 Å². The summed E-state index contributed by atoms with van der Waals surface area (Å²) in [5.41, 5.74) is 2.42. The number of hydrogen-bond acceptors (Lipinski definition) is 3. The summed E-state index contributed by atoms with van der Waals surface area (Å²) >= 11 is 0. The lowest BCUT2D eigenvalue weighted by Crippen LogP contribution is -2.51. The molecule has 37 heavy (non-hydrogen) atoms. The number of likely N-dealkylation sites (tertiary alicyclic amines) is 1. The molecule has 3 saturated carbocycles. The molecule has 0 aromatic carbocycles. The maximum atomic E-state index is 12.8. The second-order valence-electron chi connectivity index (χ2n) is 14.8. The highest BCUT2D eigenvalue weighted by Gasteiger charge is 2.59. The van der Waals surface area contributed by atoms with Gasteiger partial charge in [-0.2, -0.15) is 0 Å². The Morgan fingerprint density at radius 3 is 2.51 bits per heavy atom. The molecule has 4 heteroatoms. The molecule has 4 fully saturated rings. The standard InChI is InChI=1S/C33H55NO3/c1-22(2)7-6-8-23(3)28-11-12-29-27-10-9-24-21-26(37-31(36)34-19-15-25(35)16-20-34)13-17-32(24,4)30(27)14-18-33(28,29)5/h9,22-23,25-30,35H,6-8,10-21H2,1-5H3/t23-,26+,27?,28-,29?,30?,32?,33-/m0/s1. The van der Waals surface area contributed by atoms with Gasteiger partial charge in [-0.1, -0.05) is 65.5 Å². The third-order valence-corrected chi connectivity index (χ3v) is 12.3. The number of piperidine rings is 1. The number of allylic oxidation sites excluding steroid dienone is 1. The van der Waals surface area contributed by atoms with Crippen molar-refractivity contribution in [1.29, 1.82) is 0 Å². The average Bonchev–Trinajstić information content (AvgIpc) is 3.21.